The molecule has 26 heavy (non-hydrogen) atoms. The molecule has 1 aliphatic rings. The van der Waals surface area contributed by atoms with E-state index in [9.17, 15) is 17.6 Å². The van der Waals surface area contributed by atoms with Gasteiger partial charge >= 0.3 is 0 Å². The molecule has 1 saturated heterocycles. The molecule has 0 aliphatic carbocycles. The topological polar surface area (TPSA) is 39.7 Å². The molecule has 0 aromatic heterocycles. The van der Waals surface area contributed by atoms with Crippen LogP contribution in [0.3, 0.4) is 0 Å². The predicted molar refractivity (Wildman–Crippen MR) is 94.6 cm³/mol. The van der Waals surface area contributed by atoms with E-state index in [1.54, 1.807) is 4.90 Å². The molecule has 0 spiro atoms. The third-order valence-electron chi connectivity index (χ3n) is 4.33. The number of piperidine rings is 1. The second-order valence-corrected chi connectivity index (χ2v) is 6.36. The maximum absolute atomic E-state index is 13.6. The number of nitrogens with zero attached hydrogens (tertiary/aromatic N) is 2. The molecule has 2 rings (SSSR count). The van der Waals surface area contributed by atoms with Crippen molar-refractivity contribution < 1.29 is 17.6 Å². The van der Waals surface area contributed by atoms with Gasteiger partial charge < -0.3 is 10.6 Å². The summed E-state index contributed by atoms with van der Waals surface area (Å²) < 4.78 is 51.7. The zero-order chi connectivity index (χ0) is 18.9. The molecule has 2 N–H and O–H groups in total. The summed E-state index contributed by atoms with van der Waals surface area (Å²) >= 11 is 0. The van der Waals surface area contributed by atoms with E-state index < -0.39 is 18.1 Å². The highest BCUT2D eigenvalue weighted by molar-refractivity contribution is 5.80. The van der Waals surface area contributed by atoms with Gasteiger partial charge in [0.1, 0.15) is 11.6 Å². The van der Waals surface area contributed by atoms with Crippen LogP contribution in [-0.2, 0) is 6.42 Å². The monoisotopic (exact) mass is 374 g/mol. The minimum atomic E-state index is -2.30. The molecule has 4 nitrogen and oxygen atoms in total. The van der Waals surface area contributed by atoms with Crippen LogP contribution in [0, 0.1) is 11.6 Å². The number of rotatable bonds is 7. The second kappa shape index (κ2) is 10.4. The Bertz CT molecular complexity index is 587. The van der Waals surface area contributed by atoms with E-state index in [0.29, 0.717) is 44.1 Å². The number of hydrogen-bond donors (Lipinski definition) is 2. The quantitative estimate of drug-likeness (QED) is 0.438. The van der Waals surface area contributed by atoms with Gasteiger partial charge in [-0.1, -0.05) is 0 Å². The standard InChI is InChI=1S/C18H26F4N4/c1-2-23-18(24-8-5-13-11-14(19)3-4-16(13)20)25-15-6-9-26(10-7-15)12-17(21)22/h3-4,11,15,17H,2,5-10,12H2,1H3,(H2,23,24,25). The highest BCUT2D eigenvalue weighted by atomic mass is 19.3. The Morgan fingerprint density at radius 1 is 1.27 bits per heavy atom. The number of halogens is 4. The van der Waals surface area contributed by atoms with Crippen molar-refractivity contribution in [3.05, 3.63) is 35.4 Å². The van der Waals surface area contributed by atoms with Gasteiger partial charge in [-0.15, -0.1) is 0 Å². The lowest BCUT2D eigenvalue weighted by atomic mass is 10.1. The molecule has 0 unspecified atom stereocenters. The van der Waals surface area contributed by atoms with Gasteiger partial charge in [0.25, 0.3) is 6.43 Å². The molecular formula is C18H26F4N4. The fraction of sp³-hybridized carbons (Fsp3) is 0.611. The minimum absolute atomic E-state index is 0.160. The third-order valence-corrected chi connectivity index (χ3v) is 4.33. The third kappa shape index (κ3) is 6.82. The molecule has 1 aromatic rings. The number of benzene rings is 1. The lowest BCUT2D eigenvalue weighted by Gasteiger charge is -2.32. The van der Waals surface area contributed by atoms with Crippen molar-refractivity contribution in [3.8, 4) is 0 Å². The summed E-state index contributed by atoms with van der Waals surface area (Å²) in [5, 5.41) is 6.42. The van der Waals surface area contributed by atoms with Crippen LogP contribution < -0.4 is 10.6 Å². The first-order valence-electron chi connectivity index (χ1n) is 8.97. The van der Waals surface area contributed by atoms with Crippen molar-refractivity contribution in [2.45, 2.75) is 38.7 Å². The Kier molecular flexibility index (Phi) is 8.15. The predicted octanol–water partition coefficient (Wildman–Crippen LogP) is 2.79. The number of guanidine groups is 1. The first-order valence-corrected chi connectivity index (χ1v) is 8.97. The fourth-order valence-electron chi connectivity index (χ4n) is 2.99. The van der Waals surface area contributed by atoms with Gasteiger partial charge in [0.15, 0.2) is 5.96 Å². The zero-order valence-corrected chi connectivity index (χ0v) is 14.9. The summed E-state index contributed by atoms with van der Waals surface area (Å²) in [4.78, 5) is 6.18. The fourth-order valence-corrected chi connectivity index (χ4v) is 2.99. The molecule has 1 aliphatic heterocycles. The molecule has 1 heterocycles. The van der Waals surface area contributed by atoms with Crippen molar-refractivity contribution in [2.24, 2.45) is 4.99 Å². The Balaban J connectivity index is 1.84. The molecule has 0 bridgehead atoms. The van der Waals surface area contributed by atoms with Gasteiger partial charge in [-0.25, -0.2) is 17.6 Å². The van der Waals surface area contributed by atoms with Crippen LogP contribution in [0.1, 0.15) is 25.3 Å². The molecule has 0 saturated carbocycles. The smallest absolute Gasteiger partial charge is 0.251 e. The van der Waals surface area contributed by atoms with E-state index in [1.165, 1.54) is 6.07 Å². The van der Waals surface area contributed by atoms with Crippen LogP contribution in [-0.4, -0.2) is 56.1 Å². The molecule has 146 valence electrons. The molecular weight excluding hydrogens is 348 g/mol. The Morgan fingerprint density at radius 3 is 2.65 bits per heavy atom. The number of likely N-dealkylation sites (tertiary alicyclic amines) is 1. The van der Waals surface area contributed by atoms with Gasteiger partial charge in [-0.05, 0) is 49.9 Å². The van der Waals surface area contributed by atoms with Crippen LogP contribution in [0.5, 0.6) is 0 Å². The van der Waals surface area contributed by atoms with Crippen molar-refractivity contribution in [2.75, 3.05) is 32.7 Å². The lowest BCUT2D eigenvalue weighted by Crippen LogP contribution is -2.49. The van der Waals surface area contributed by atoms with E-state index in [0.717, 1.165) is 25.0 Å². The molecule has 0 amide bonds. The number of aliphatic imine (C=N–C) groups is 1. The Hall–Kier alpha value is -1.83. The van der Waals surface area contributed by atoms with Crippen molar-refractivity contribution in [1.29, 1.82) is 0 Å². The summed E-state index contributed by atoms with van der Waals surface area (Å²) in [5.74, 6) is -0.298. The first kappa shape index (κ1) is 20.5. The largest absolute Gasteiger partial charge is 0.357 e. The van der Waals surface area contributed by atoms with Gasteiger partial charge in [0, 0.05) is 32.2 Å². The second-order valence-electron chi connectivity index (χ2n) is 6.36. The molecule has 0 radical (unpaired) electrons. The van der Waals surface area contributed by atoms with Gasteiger partial charge in [-0.2, -0.15) is 0 Å². The minimum Gasteiger partial charge on any atom is -0.357 e. The van der Waals surface area contributed by atoms with E-state index in [2.05, 4.69) is 15.6 Å². The van der Waals surface area contributed by atoms with Gasteiger partial charge in [0.2, 0.25) is 0 Å². The lowest BCUT2D eigenvalue weighted by molar-refractivity contribution is 0.0744. The van der Waals surface area contributed by atoms with Crippen LogP contribution in [0.2, 0.25) is 0 Å². The number of nitrogens with one attached hydrogen (secondary N) is 2. The van der Waals surface area contributed by atoms with Crippen molar-refractivity contribution in [3.63, 3.8) is 0 Å². The van der Waals surface area contributed by atoms with E-state index >= 15 is 0 Å². The summed E-state index contributed by atoms with van der Waals surface area (Å²) in [7, 11) is 0. The molecule has 0 atom stereocenters. The highest BCUT2D eigenvalue weighted by Crippen LogP contribution is 2.12. The molecule has 1 aromatic carbocycles. The average Bonchev–Trinajstić information content (AvgIpc) is 2.59. The summed E-state index contributed by atoms with van der Waals surface area (Å²) in [6, 6.07) is 3.55. The normalized spacial score (nSPS) is 16.9. The van der Waals surface area contributed by atoms with E-state index in [4.69, 9.17) is 0 Å². The van der Waals surface area contributed by atoms with E-state index in [-0.39, 0.29) is 12.6 Å². The van der Waals surface area contributed by atoms with Crippen molar-refractivity contribution >= 4 is 5.96 Å². The average molecular weight is 374 g/mol. The van der Waals surface area contributed by atoms with Crippen LogP contribution >= 0.6 is 0 Å². The first-order chi connectivity index (χ1) is 12.5. The molecule has 1 fully saturated rings. The van der Waals surface area contributed by atoms with Gasteiger partial charge in [0.05, 0.1) is 6.54 Å². The number of hydrogen-bond acceptors (Lipinski definition) is 2. The highest BCUT2D eigenvalue weighted by Gasteiger charge is 2.21. The van der Waals surface area contributed by atoms with Crippen LogP contribution in [0.4, 0.5) is 17.6 Å². The zero-order valence-electron chi connectivity index (χ0n) is 14.9. The van der Waals surface area contributed by atoms with E-state index in [1.807, 2.05) is 6.92 Å². The van der Waals surface area contributed by atoms with Crippen molar-refractivity contribution in [1.82, 2.24) is 15.5 Å². The van der Waals surface area contributed by atoms with Gasteiger partial charge in [-0.3, -0.25) is 9.89 Å². The number of alkyl halides is 2. The summed E-state index contributed by atoms with van der Waals surface area (Å²) in [6.45, 7) is 3.99. The Morgan fingerprint density at radius 2 is 2.00 bits per heavy atom. The SMILES string of the molecule is CCNC(=NCCc1cc(F)ccc1F)NC1CCN(CC(F)F)CC1. The Labute approximate surface area is 151 Å². The maximum Gasteiger partial charge on any atom is 0.251 e. The van der Waals surface area contributed by atoms with Crippen LogP contribution in [0.25, 0.3) is 0 Å². The maximum atomic E-state index is 13.6. The van der Waals surface area contributed by atoms with Crippen LogP contribution in [0.15, 0.2) is 23.2 Å². The summed E-state index contributed by atoms with van der Waals surface area (Å²) in [5.41, 5.74) is 0.296. The molecule has 8 heteroatoms. The summed E-state index contributed by atoms with van der Waals surface area (Å²) in [6.07, 6.45) is -0.486.